The van der Waals surface area contributed by atoms with Crippen molar-refractivity contribution >= 4 is 11.8 Å². The Labute approximate surface area is 115 Å². The van der Waals surface area contributed by atoms with Gasteiger partial charge in [0.05, 0.1) is 6.54 Å². The van der Waals surface area contributed by atoms with Crippen molar-refractivity contribution in [2.24, 2.45) is 5.73 Å². The SMILES string of the molecule is CN(C[C@@H]1C[C@H](F)CN1CC(N)=O)C(=O)c1ccn[nH]1. The molecule has 0 aliphatic carbocycles. The van der Waals surface area contributed by atoms with E-state index >= 15 is 0 Å². The zero-order chi connectivity index (χ0) is 14.7. The van der Waals surface area contributed by atoms with Gasteiger partial charge in [0.25, 0.3) is 5.91 Å². The Morgan fingerprint density at radius 2 is 2.40 bits per heavy atom. The van der Waals surface area contributed by atoms with Crippen LogP contribution in [0.4, 0.5) is 4.39 Å². The van der Waals surface area contributed by atoms with E-state index in [1.54, 1.807) is 18.0 Å². The number of nitrogens with one attached hydrogen (secondary N) is 1. The molecule has 2 amide bonds. The lowest BCUT2D eigenvalue weighted by Gasteiger charge is -2.27. The second kappa shape index (κ2) is 6.00. The van der Waals surface area contributed by atoms with Crippen molar-refractivity contribution in [1.29, 1.82) is 0 Å². The maximum atomic E-state index is 13.5. The van der Waals surface area contributed by atoms with Crippen molar-refractivity contribution in [3.63, 3.8) is 0 Å². The van der Waals surface area contributed by atoms with Crippen molar-refractivity contribution in [1.82, 2.24) is 20.0 Å². The number of halogens is 1. The van der Waals surface area contributed by atoms with E-state index in [0.29, 0.717) is 18.7 Å². The third-order valence-electron chi connectivity index (χ3n) is 3.40. The molecule has 1 fully saturated rings. The molecule has 2 heterocycles. The molecule has 1 aliphatic heterocycles. The average Bonchev–Trinajstić information content (AvgIpc) is 2.98. The number of hydrogen-bond acceptors (Lipinski definition) is 4. The first-order valence-electron chi connectivity index (χ1n) is 6.38. The molecule has 20 heavy (non-hydrogen) atoms. The first-order chi connectivity index (χ1) is 9.47. The van der Waals surface area contributed by atoms with E-state index in [1.807, 2.05) is 0 Å². The number of likely N-dealkylation sites (tertiary alicyclic amines) is 1. The van der Waals surface area contributed by atoms with Crippen LogP contribution in [0, 0.1) is 0 Å². The van der Waals surface area contributed by atoms with Gasteiger partial charge in [-0.3, -0.25) is 19.6 Å². The molecule has 0 saturated carbocycles. The summed E-state index contributed by atoms with van der Waals surface area (Å²) in [6.45, 7) is 0.530. The number of likely N-dealkylation sites (N-methyl/N-ethyl adjacent to an activating group) is 1. The van der Waals surface area contributed by atoms with Crippen LogP contribution in [0.25, 0.3) is 0 Å². The third kappa shape index (κ3) is 3.32. The summed E-state index contributed by atoms with van der Waals surface area (Å²) in [4.78, 5) is 26.2. The summed E-state index contributed by atoms with van der Waals surface area (Å²) in [5, 5.41) is 6.31. The molecule has 0 radical (unpaired) electrons. The van der Waals surface area contributed by atoms with Crippen LogP contribution in [0.15, 0.2) is 12.3 Å². The van der Waals surface area contributed by atoms with E-state index in [4.69, 9.17) is 5.73 Å². The number of nitrogens with zero attached hydrogens (tertiary/aromatic N) is 3. The normalized spacial score (nSPS) is 22.9. The lowest BCUT2D eigenvalue weighted by molar-refractivity contribution is -0.119. The molecule has 2 rings (SSSR count). The Bertz CT molecular complexity index is 478. The Balaban J connectivity index is 1.97. The molecule has 1 aromatic rings. The van der Waals surface area contributed by atoms with Gasteiger partial charge >= 0.3 is 0 Å². The minimum atomic E-state index is -0.991. The number of aromatic nitrogens is 2. The van der Waals surface area contributed by atoms with Crippen LogP contribution < -0.4 is 5.73 Å². The first kappa shape index (κ1) is 14.4. The number of nitrogens with two attached hydrogens (primary N) is 1. The highest BCUT2D eigenvalue weighted by Crippen LogP contribution is 2.21. The number of hydrogen-bond donors (Lipinski definition) is 2. The van der Waals surface area contributed by atoms with Crippen molar-refractivity contribution < 1.29 is 14.0 Å². The van der Waals surface area contributed by atoms with E-state index in [-0.39, 0.29) is 25.0 Å². The van der Waals surface area contributed by atoms with Crippen LogP contribution in [0.5, 0.6) is 0 Å². The van der Waals surface area contributed by atoms with Crippen LogP contribution in [0.3, 0.4) is 0 Å². The van der Waals surface area contributed by atoms with E-state index in [2.05, 4.69) is 10.2 Å². The summed E-state index contributed by atoms with van der Waals surface area (Å²) in [7, 11) is 1.64. The lowest BCUT2D eigenvalue weighted by atomic mass is 10.2. The van der Waals surface area contributed by atoms with Gasteiger partial charge in [-0.25, -0.2) is 4.39 Å². The fourth-order valence-electron chi connectivity index (χ4n) is 2.49. The molecular formula is C12H18FN5O2. The van der Waals surface area contributed by atoms with E-state index in [0.717, 1.165) is 0 Å². The molecule has 2 atom stereocenters. The van der Waals surface area contributed by atoms with Gasteiger partial charge in [0.15, 0.2) is 0 Å². The standard InChI is InChI=1S/C12H18FN5O2/c1-17(12(20)10-2-3-15-16-10)6-9-4-8(13)5-18(9)7-11(14)19/h2-3,8-9H,4-7H2,1H3,(H2,14,19)(H,15,16)/t8-,9-/m0/s1. The summed E-state index contributed by atoms with van der Waals surface area (Å²) in [5.41, 5.74) is 5.53. The Kier molecular flexibility index (Phi) is 4.33. The predicted molar refractivity (Wildman–Crippen MR) is 69.6 cm³/mol. The first-order valence-corrected chi connectivity index (χ1v) is 6.38. The van der Waals surface area contributed by atoms with Gasteiger partial charge in [-0.15, -0.1) is 0 Å². The van der Waals surface area contributed by atoms with Gasteiger partial charge in [-0.2, -0.15) is 5.10 Å². The Morgan fingerprint density at radius 1 is 1.65 bits per heavy atom. The number of rotatable bonds is 5. The maximum Gasteiger partial charge on any atom is 0.271 e. The largest absolute Gasteiger partial charge is 0.369 e. The quantitative estimate of drug-likeness (QED) is 0.753. The summed E-state index contributed by atoms with van der Waals surface area (Å²) in [6, 6.07) is 1.38. The highest BCUT2D eigenvalue weighted by atomic mass is 19.1. The number of H-pyrrole nitrogens is 1. The highest BCUT2D eigenvalue weighted by molar-refractivity contribution is 5.92. The van der Waals surface area contributed by atoms with Gasteiger partial charge in [0, 0.05) is 32.4 Å². The van der Waals surface area contributed by atoms with Crippen LogP contribution in [0.1, 0.15) is 16.9 Å². The number of carbonyl (C=O) groups excluding carboxylic acids is 2. The fourth-order valence-corrected chi connectivity index (χ4v) is 2.49. The zero-order valence-corrected chi connectivity index (χ0v) is 11.3. The monoisotopic (exact) mass is 283 g/mol. The van der Waals surface area contributed by atoms with Crippen LogP contribution >= 0.6 is 0 Å². The van der Waals surface area contributed by atoms with E-state index < -0.39 is 12.1 Å². The van der Waals surface area contributed by atoms with Crippen molar-refractivity contribution in [3.8, 4) is 0 Å². The topological polar surface area (TPSA) is 95.3 Å². The Hall–Kier alpha value is -1.96. The highest BCUT2D eigenvalue weighted by Gasteiger charge is 2.34. The summed E-state index contributed by atoms with van der Waals surface area (Å²) in [5.74, 6) is -0.713. The predicted octanol–water partition coefficient (Wildman–Crippen LogP) is -0.621. The van der Waals surface area contributed by atoms with Gasteiger partial charge < -0.3 is 10.6 Å². The molecule has 1 aromatic heterocycles. The third-order valence-corrected chi connectivity index (χ3v) is 3.40. The van der Waals surface area contributed by atoms with Crippen LogP contribution in [-0.4, -0.2) is 70.7 Å². The van der Waals surface area contributed by atoms with E-state index in [1.165, 1.54) is 11.1 Å². The van der Waals surface area contributed by atoms with Crippen molar-refractivity contribution in [2.45, 2.75) is 18.6 Å². The number of carbonyl (C=O) groups is 2. The molecule has 0 spiro atoms. The molecule has 0 bridgehead atoms. The molecule has 0 aromatic carbocycles. The Morgan fingerprint density at radius 3 is 3.00 bits per heavy atom. The molecule has 1 aliphatic rings. The molecule has 3 N–H and O–H groups in total. The molecule has 7 nitrogen and oxygen atoms in total. The van der Waals surface area contributed by atoms with Crippen LogP contribution in [-0.2, 0) is 4.79 Å². The van der Waals surface area contributed by atoms with Gasteiger partial charge in [0.1, 0.15) is 11.9 Å². The fraction of sp³-hybridized carbons (Fsp3) is 0.583. The smallest absolute Gasteiger partial charge is 0.271 e. The molecule has 1 saturated heterocycles. The number of alkyl halides is 1. The second-order valence-electron chi connectivity index (χ2n) is 5.04. The molecular weight excluding hydrogens is 265 g/mol. The molecule has 110 valence electrons. The minimum absolute atomic E-state index is 0.0111. The number of amides is 2. The van der Waals surface area contributed by atoms with Gasteiger partial charge in [-0.05, 0) is 12.5 Å². The van der Waals surface area contributed by atoms with E-state index in [9.17, 15) is 14.0 Å². The summed E-state index contributed by atoms with van der Waals surface area (Å²) in [6.07, 6.45) is 0.802. The lowest BCUT2D eigenvalue weighted by Crippen LogP contribution is -2.44. The van der Waals surface area contributed by atoms with Gasteiger partial charge in [-0.1, -0.05) is 0 Å². The molecule has 8 heteroatoms. The average molecular weight is 283 g/mol. The maximum absolute atomic E-state index is 13.5. The van der Waals surface area contributed by atoms with Crippen LogP contribution in [0.2, 0.25) is 0 Å². The molecule has 0 unspecified atom stereocenters. The van der Waals surface area contributed by atoms with Crippen molar-refractivity contribution in [2.75, 3.05) is 26.7 Å². The zero-order valence-electron chi connectivity index (χ0n) is 11.3. The minimum Gasteiger partial charge on any atom is -0.369 e. The summed E-state index contributed by atoms with van der Waals surface area (Å²) < 4.78 is 13.5. The van der Waals surface area contributed by atoms with Gasteiger partial charge in [0.2, 0.25) is 5.91 Å². The number of aromatic amines is 1. The number of primary amides is 1. The van der Waals surface area contributed by atoms with Crippen molar-refractivity contribution in [3.05, 3.63) is 18.0 Å². The summed E-state index contributed by atoms with van der Waals surface area (Å²) >= 11 is 0. The second-order valence-corrected chi connectivity index (χ2v) is 5.04.